The van der Waals surface area contributed by atoms with Gasteiger partial charge in [-0.15, -0.1) is 0 Å². The predicted molar refractivity (Wildman–Crippen MR) is 131 cm³/mol. The Balaban J connectivity index is 1.90. The first kappa shape index (κ1) is 24.9. The fourth-order valence-corrected chi connectivity index (χ4v) is 4.73. The quantitative estimate of drug-likeness (QED) is 0.330. The number of hydrogen-bond donors (Lipinski definition) is 1. The molecule has 0 heterocycles. The molecule has 3 rings (SSSR count). The van der Waals surface area contributed by atoms with E-state index in [1.54, 1.807) is 42.5 Å². The summed E-state index contributed by atoms with van der Waals surface area (Å²) in [4.78, 5) is 12.6. The molecule has 0 aromatic heterocycles. The summed E-state index contributed by atoms with van der Waals surface area (Å²) in [5.74, 6) is -0.459. The summed E-state index contributed by atoms with van der Waals surface area (Å²) in [5, 5.41) is 4.86. The molecule has 0 spiro atoms. The fraction of sp³-hybridized carbons (Fsp3) is 0.0909. The summed E-state index contributed by atoms with van der Waals surface area (Å²) in [6.45, 7) is -0.577. The van der Waals surface area contributed by atoms with Gasteiger partial charge in [-0.1, -0.05) is 59.1 Å². The highest BCUT2D eigenvalue weighted by molar-refractivity contribution is 7.92. The molecule has 1 amide bonds. The Hall–Kier alpha value is -2.78. The van der Waals surface area contributed by atoms with E-state index in [1.807, 2.05) is 0 Å². The largest absolute Gasteiger partial charge is 0.495 e. The van der Waals surface area contributed by atoms with Crippen LogP contribution in [-0.4, -0.2) is 34.2 Å². The van der Waals surface area contributed by atoms with Crippen molar-refractivity contribution in [2.45, 2.75) is 4.90 Å². The van der Waals surface area contributed by atoms with Crippen LogP contribution in [0.1, 0.15) is 5.56 Å². The molecule has 172 valence electrons. The standard InChI is InChI=1S/C22H18Cl3N3O4S/c1-32-21-10-8-16(23)12-20(21)28(33(30,31)17-5-3-2-4-6-17)14-22(29)27-26-13-15-7-9-18(24)19(25)11-15/h2-13H,14H2,1H3,(H,27,29)/b26-13+. The molecule has 0 aliphatic heterocycles. The van der Waals surface area contributed by atoms with Crippen LogP contribution in [0.4, 0.5) is 5.69 Å². The van der Waals surface area contributed by atoms with Crippen LogP contribution in [0.3, 0.4) is 0 Å². The average molecular weight is 527 g/mol. The van der Waals surface area contributed by atoms with Gasteiger partial charge in [-0.3, -0.25) is 9.10 Å². The maximum absolute atomic E-state index is 13.4. The number of nitrogens with zero attached hydrogens (tertiary/aromatic N) is 2. The first-order valence-corrected chi connectivity index (χ1v) is 12.0. The number of rotatable bonds is 8. The number of nitrogens with one attached hydrogen (secondary N) is 1. The number of carbonyl (C=O) groups is 1. The highest BCUT2D eigenvalue weighted by atomic mass is 35.5. The lowest BCUT2D eigenvalue weighted by Crippen LogP contribution is -2.39. The minimum absolute atomic E-state index is 0.000800. The third-order valence-electron chi connectivity index (χ3n) is 4.37. The van der Waals surface area contributed by atoms with E-state index in [1.165, 1.54) is 37.6 Å². The van der Waals surface area contributed by atoms with Crippen LogP contribution in [0.5, 0.6) is 5.75 Å². The molecule has 11 heteroatoms. The van der Waals surface area contributed by atoms with Crippen LogP contribution >= 0.6 is 34.8 Å². The molecule has 0 unspecified atom stereocenters. The number of amides is 1. The van der Waals surface area contributed by atoms with Crippen LogP contribution in [0.15, 0.2) is 76.7 Å². The number of halogens is 3. The van der Waals surface area contributed by atoms with Gasteiger partial charge in [-0.25, -0.2) is 13.8 Å². The zero-order chi connectivity index (χ0) is 24.0. The summed E-state index contributed by atoms with van der Waals surface area (Å²) < 4.78 is 33.0. The van der Waals surface area contributed by atoms with Crippen molar-refractivity contribution in [1.29, 1.82) is 0 Å². The number of ether oxygens (including phenoxy) is 1. The van der Waals surface area contributed by atoms with Gasteiger partial charge in [0, 0.05) is 5.02 Å². The van der Waals surface area contributed by atoms with Crippen LogP contribution in [-0.2, 0) is 14.8 Å². The molecular formula is C22H18Cl3N3O4S. The van der Waals surface area contributed by atoms with E-state index >= 15 is 0 Å². The maximum atomic E-state index is 13.4. The Kier molecular flexibility index (Phi) is 8.20. The van der Waals surface area contributed by atoms with E-state index in [2.05, 4.69) is 10.5 Å². The molecule has 0 aliphatic carbocycles. The molecule has 0 radical (unpaired) electrons. The van der Waals surface area contributed by atoms with Crippen LogP contribution in [0.2, 0.25) is 15.1 Å². The van der Waals surface area contributed by atoms with Crippen LogP contribution < -0.4 is 14.5 Å². The molecule has 0 saturated heterocycles. The molecule has 0 bridgehead atoms. The van der Waals surface area contributed by atoms with Gasteiger partial charge in [0.2, 0.25) is 0 Å². The minimum Gasteiger partial charge on any atom is -0.495 e. The number of sulfonamides is 1. The second-order valence-electron chi connectivity index (χ2n) is 6.61. The minimum atomic E-state index is -4.14. The van der Waals surface area contributed by atoms with Crippen molar-refractivity contribution in [2.24, 2.45) is 5.10 Å². The molecule has 33 heavy (non-hydrogen) atoms. The summed E-state index contributed by atoms with van der Waals surface area (Å²) in [6.07, 6.45) is 1.36. The van der Waals surface area contributed by atoms with Crippen molar-refractivity contribution >= 4 is 62.6 Å². The second kappa shape index (κ2) is 10.9. The molecule has 1 N–H and O–H groups in total. The lowest BCUT2D eigenvalue weighted by atomic mass is 10.2. The number of carbonyl (C=O) groups excluding carboxylic acids is 1. The van der Waals surface area contributed by atoms with Crippen LogP contribution in [0.25, 0.3) is 0 Å². The van der Waals surface area contributed by atoms with Crippen molar-refractivity contribution < 1.29 is 17.9 Å². The molecule has 0 atom stereocenters. The van der Waals surface area contributed by atoms with E-state index in [9.17, 15) is 13.2 Å². The Morgan fingerprint density at radius 2 is 1.76 bits per heavy atom. The Morgan fingerprint density at radius 1 is 1.03 bits per heavy atom. The number of benzene rings is 3. The third-order valence-corrected chi connectivity index (χ3v) is 7.12. The van der Waals surface area contributed by atoms with E-state index in [4.69, 9.17) is 39.5 Å². The zero-order valence-electron chi connectivity index (χ0n) is 17.2. The Bertz CT molecular complexity index is 1290. The van der Waals surface area contributed by atoms with E-state index in [0.29, 0.717) is 15.6 Å². The number of methoxy groups -OCH3 is 1. The molecule has 0 aliphatic rings. The van der Waals surface area contributed by atoms with Crippen molar-refractivity contribution in [3.63, 3.8) is 0 Å². The van der Waals surface area contributed by atoms with Gasteiger partial charge in [-0.05, 0) is 48.0 Å². The van der Waals surface area contributed by atoms with Gasteiger partial charge in [0.15, 0.2) is 0 Å². The number of hydrogen-bond acceptors (Lipinski definition) is 5. The second-order valence-corrected chi connectivity index (χ2v) is 9.72. The van der Waals surface area contributed by atoms with E-state index in [-0.39, 0.29) is 21.4 Å². The maximum Gasteiger partial charge on any atom is 0.264 e. The Labute approximate surface area is 206 Å². The molecule has 0 saturated carbocycles. The van der Waals surface area contributed by atoms with Gasteiger partial charge in [0.05, 0.1) is 34.0 Å². The van der Waals surface area contributed by atoms with Gasteiger partial charge in [0.25, 0.3) is 15.9 Å². The number of anilines is 1. The van der Waals surface area contributed by atoms with Gasteiger partial charge in [-0.2, -0.15) is 5.10 Å². The van der Waals surface area contributed by atoms with Gasteiger partial charge in [0.1, 0.15) is 12.3 Å². The van der Waals surface area contributed by atoms with Crippen molar-refractivity contribution in [1.82, 2.24) is 5.43 Å². The van der Waals surface area contributed by atoms with Gasteiger partial charge >= 0.3 is 0 Å². The lowest BCUT2D eigenvalue weighted by molar-refractivity contribution is -0.119. The van der Waals surface area contributed by atoms with E-state index < -0.39 is 22.5 Å². The monoisotopic (exact) mass is 525 g/mol. The lowest BCUT2D eigenvalue weighted by Gasteiger charge is -2.25. The summed E-state index contributed by atoms with van der Waals surface area (Å²) in [5.41, 5.74) is 3.02. The fourth-order valence-electron chi connectivity index (χ4n) is 2.81. The van der Waals surface area contributed by atoms with Gasteiger partial charge < -0.3 is 4.74 Å². The Morgan fingerprint density at radius 3 is 2.42 bits per heavy atom. The highest BCUT2D eigenvalue weighted by Gasteiger charge is 2.29. The van der Waals surface area contributed by atoms with Crippen molar-refractivity contribution in [3.05, 3.63) is 87.4 Å². The van der Waals surface area contributed by atoms with E-state index in [0.717, 1.165) is 4.31 Å². The molecule has 3 aromatic carbocycles. The number of hydrazone groups is 1. The van der Waals surface area contributed by atoms with Crippen molar-refractivity contribution in [2.75, 3.05) is 18.0 Å². The predicted octanol–water partition coefficient (Wildman–Crippen LogP) is 5.00. The highest BCUT2D eigenvalue weighted by Crippen LogP contribution is 2.34. The molecular weight excluding hydrogens is 509 g/mol. The third kappa shape index (κ3) is 6.17. The normalized spacial score (nSPS) is 11.4. The molecule has 3 aromatic rings. The first-order chi connectivity index (χ1) is 15.7. The molecule has 0 fully saturated rings. The van der Waals surface area contributed by atoms with Crippen molar-refractivity contribution in [3.8, 4) is 5.75 Å². The summed E-state index contributed by atoms with van der Waals surface area (Å²) in [7, 11) is -2.75. The molecule has 7 nitrogen and oxygen atoms in total. The average Bonchev–Trinajstić information content (AvgIpc) is 2.80. The van der Waals surface area contributed by atoms with Crippen LogP contribution in [0, 0.1) is 0 Å². The summed E-state index contributed by atoms with van der Waals surface area (Å²) in [6, 6.07) is 17.0. The SMILES string of the molecule is COc1ccc(Cl)cc1N(CC(=O)N/N=C/c1ccc(Cl)c(Cl)c1)S(=O)(=O)c1ccccc1. The zero-order valence-corrected chi connectivity index (χ0v) is 20.3. The topological polar surface area (TPSA) is 88.1 Å². The first-order valence-electron chi connectivity index (χ1n) is 9.40. The summed E-state index contributed by atoms with van der Waals surface area (Å²) >= 11 is 18.0. The smallest absolute Gasteiger partial charge is 0.264 e.